The first-order chi connectivity index (χ1) is 7.84. The zero-order valence-corrected chi connectivity index (χ0v) is 9.79. The van der Waals surface area contributed by atoms with E-state index >= 15 is 0 Å². The number of para-hydroxylation sites is 1. The van der Waals surface area contributed by atoms with Gasteiger partial charge in [-0.05, 0) is 47.0 Å². The summed E-state index contributed by atoms with van der Waals surface area (Å²) in [4.78, 5) is 4.55. The summed E-state index contributed by atoms with van der Waals surface area (Å²) in [6.07, 6.45) is 0. The summed E-state index contributed by atoms with van der Waals surface area (Å²) in [5.74, 6) is 0. The van der Waals surface area contributed by atoms with Crippen molar-refractivity contribution >= 4 is 22.2 Å². The van der Waals surface area contributed by atoms with Crippen molar-refractivity contribution in [3.63, 3.8) is 0 Å². The number of aromatic nitrogens is 1. The molecule has 2 heteroatoms. The highest BCUT2D eigenvalue weighted by molar-refractivity contribution is 7.08. The number of thiophene rings is 1. The zero-order valence-electron chi connectivity index (χ0n) is 8.97. The fourth-order valence-electron chi connectivity index (χ4n) is 1.96. The smallest absolute Gasteiger partial charge is 0.0711 e. The molecule has 2 heterocycles. The molecule has 0 aliphatic carbocycles. The van der Waals surface area contributed by atoms with Gasteiger partial charge in [0.05, 0.1) is 5.52 Å². The second kappa shape index (κ2) is 3.72. The van der Waals surface area contributed by atoms with Gasteiger partial charge in [-0.1, -0.05) is 18.2 Å². The minimum absolute atomic E-state index is 1.07. The summed E-state index contributed by atoms with van der Waals surface area (Å²) < 4.78 is 0. The Balaban J connectivity index is 2.39. The predicted octanol–water partition coefficient (Wildman–Crippen LogP) is 4.27. The lowest BCUT2D eigenvalue weighted by Gasteiger charge is -2.05. The summed E-state index contributed by atoms with van der Waals surface area (Å²) in [6, 6.07) is 12.6. The van der Waals surface area contributed by atoms with Gasteiger partial charge >= 0.3 is 0 Å². The molecule has 3 rings (SSSR count). The Morgan fingerprint density at radius 1 is 1.12 bits per heavy atom. The number of nitrogens with zero attached hydrogens (tertiary/aromatic N) is 1. The van der Waals surface area contributed by atoms with Gasteiger partial charge in [-0.25, -0.2) is 0 Å². The largest absolute Gasteiger partial charge is 0.253 e. The van der Waals surface area contributed by atoms with E-state index in [1.165, 1.54) is 16.5 Å². The number of aryl methyl sites for hydroxylation is 1. The Kier molecular flexibility index (Phi) is 2.22. The minimum atomic E-state index is 1.07. The molecule has 1 aromatic carbocycles. The number of fused-ring (bicyclic) bond motifs is 1. The quantitative estimate of drug-likeness (QED) is 0.602. The molecule has 0 amide bonds. The average Bonchev–Trinajstić information content (AvgIpc) is 2.81. The molecular weight excluding hydrogens is 214 g/mol. The van der Waals surface area contributed by atoms with Crippen molar-refractivity contribution in [3.8, 4) is 11.1 Å². The van der Waals surface area contributed by atoms with E-state index in [1.807, 2.05) is 13.0 Å². The molecule has 0 radical (unpaired) electrons. The summed E-state index contributed by atoms with van der Waals surface area (Å²) in [6.45, 7) is 2.04. The maximum absolute atomic E-state index is 4.55. The molecule has 16 heavy (non-hydrogen) atoms. The molecule has 0 aliphatic heterocycles. The average molecular weight is 225 g/mol. The monoisotopic (exact) mass is 225 g/mol. The van der Waals surface area contributed by atoms with Crippen molar-refractivity contribution in [2.24, 2.45) is 0 Å². The highest BCUT2D eigenvalue weighted by Gasteiger charge is 2.05. The molecule has 0 spiro atoms. The molecule has 0 aliphatic rings. The Labute approximate surface area is 98.4 Å². The fourth-order valence-corrected chi connectivity index (χ4v) is 2.62. The van der Waals surface area contributed by atoms with Gasteiger partial charge in [-0.2, -0.15) is 11.3 Å². The first-order valence-electron chi connectivity index (χ1n) is 5.23. The van der Waals surface area contributed by atoms with Crippen molar-refractivity contribution in [3.05, 3.63) is 52.9 Å². The molecular formula is C14H11NS. The van der Waals surface area contributed by atoms with E-state index in [1.54, 1.807) is 11.3 Å². The number of hydrogen-bond donors (Lipinski definition) is 0. The second-order valence-corrected chi connectivity index (χ2v) is 4.62. The number of rotatable bonds is 1. The van der Waals surface area contributed by atoms with Crippen LogP contribution in [0.5, 0.6) is 0 Å². The van der Waals surface area contributed by atoms with E-state index in [0.29, 0.717) is 0 Å². The van der Waals surface area contributed by atoms with Crippen molar-refractivity contribution in [1.29, 1.82) is 0 Å². The lowest BCUT2D eigenvalue weighted by Crippen LogP contribution is -1.86. The van der Waals surface area contributed by atoms with Gasteiger partial charge in [0.15, 0.2) is 0 Å². The van der Waals surface area contributed by atoms with E-state index in [9.17, 15) is 0 Å². The van der Waals surface area contributed by atoms with Crippen LogP contribution < -0.4 is 0 Å². The van der Waals surface area contributed by atoms with E-state index < -0.39 is 0 Å². The molecule has 3 aromatic rings. The van der Waals surface area contributed by atoms with Gasteiger partial charge < -0.3 is 0 Å². The van der Waals surface area contributed by atoms with Crippen LogP contribution in [-0.2, 0) is 0 Å². The summed E-state index contributed by atoms with van der Waals surface area (Å²) >= 11 is 1.73. The molecule has 0 N–H and O–H groups in total. The normalized spacial score (nSPS) is 10.8. The Hall–Kier alpha value is -1.67. The zero-order chi connectivity index (χ0) is 11.0. The minimum Gasteiger partial charge on any atom is -0.253 e. The third-order valence-electron chi connectivity index (χ3n) is 2.68. The molecule has 0 saturated heterocycles. The molecule has 78 valence electrons. The van der Waals surface area contributed by atoms with Crippen LogP contribution in [0, 0.1) is 6.92 Å². The maximum atomic E-state index is 4.55. The van der Waals surface area contributed by atoms with Crippen LogP contribution in [0.1, 0.15) is 5.69 Å². The SMILES string of the molecule is Cc1cc(-c2ccsc2)c2ccccc2n1. The van der Waals surface area contributed by atoms with Gasteiger partial charge in [0, 0.05) is 11.1 Å². The first-order valence-corrected chi connectivity index (χ1v) is 6.18. The molecule has 0 atom stereocenters. The maximum Gasteiger partial charge on any atom is 0.0711 e. The Morgan fingerprint density at radius 2 is 2.00 bits per heavy atom. The third kappa shape index (κ3) is 1.51. The highest BCUT2D eigenvalue weighted by Crippen LogP contribution is 2.29. The van der Waals surface area contributed by atoms with E-state index in [4.69, 9.17) is 0 Å². The summed E-state index contributed by atoms with van der Waals surface area (Å²) in [5, 5.41) is 5.52. The molecule has 0 saturated carbocycles. The summed E-state index contributed by atoms with van der Waals surface area (Å²) in [7, 11) is 0. The predicted molar refractivity (Wildman–Crippen MR) is 69.8 cm³/mol. The standard InChI is InChI=1S/C14H11NS/c1-10-8-13(11-6-7-16-9-11)12-4-2-3-5-14(12)15-10/h2-9H,1H3. The van der Waals surface area contributed by atoms with Crippen molar-refractivity contribution in [2.75, 3.05) is 0 Å². The molecule has 1 nitrogen and oxygen atoms in total. The van der Waals surface area contributed by atoms with Gasteiger partial charge in [0.25, 0.3) is 0 Å². The lowest BCUT2D eigenvalue weighted by atomic mass is 10.0. The van der Waals surface area contributed by atoms with Crippen LogP contribution in [0.3, 0.4) is 0 Å². The van der Waals surface area contributed by atoms with Gasteiger partial charge in [-0.15, -0.1) is 0 Å². The molecule has 0 unspecified atom stereocenters. The van der Waals surface area contributed by atoms with Crippen LogP contribution in [0.25, 0.3) is 22.0 Å². The molecule has 2 aromatic heterocycles. The van der Waals surface area contributed by atoms with Crippen LogP contribution in [0.15, 0.2) is 47.2 Å². The molecule has 0 fully saturated rings. The van der Waals surface area contributed by atoms with Gasteiger partial charge in [-0.3, -0.25) is 4.98 Å². The van der Waals surface area contributed by atoms with Crippen LogP contribution in [0.4, 0.5) is 0 Å². The van der Waals surface area contributed by atoms with E-state index in [0.717, 1.165) is 11.2 Å². The van der Waals surface area contributed by atoms with E-state index in [-0.39, 0.29) is 0 Å². The number of hydrogen-bond acceptors (Lipinski definition) is 2. The van der Waals surface area contributed by atoms with E-state index in [2.05, 4.69) is 46.1 Å². The Bertz CT molecular complexity index is 626. The Morgan fingerprint density at radius 3 is 2.81 bits per heavy atom. The number of pyridine rings is 1. The summed E-state index contributed by atoms with van der Waals surface area (Å²) in [5.41, 5.74) is 4.71. The number of benzene rings is 1. The first kappa shape index (κ1) is 9.55. The highest BCUT2D eigenvalue weighted by atomic mass is 32.1. The lowest BCUT2D eigenvalue weighted by molar-refractivity contribution is 1.26. The van der Waals surface area contributed by atoms with Crippen molar-refractivity contribution in [1.82, 2.24) is 4.98 Å². The third-order valence-corrected chi connectivity index (χ3v) is 3.36. The van der Waals surface area contributed by atoms with Crippen LogP contribution in [0.2, 0.25) is 0 Å². The van der Waals surface area contributed by atoms with Crippen molar-refractivity contribution < 1.29 is 0 Å². The van der Waals surface area contributed by atoms with Crippen molar-refractivity contribution in [2.45, 2.75) is 6.92 Å². The van der Waals surface area contributed by atoms with Crippen LogP contribution in [-0.4, -0.2) is 4.98 Å². The fraction of sp³-hybridized carbons (Fsp3) is 0.0714. The second-order valence-electron chi connectivity index (χ2n) is 3.84. The van der Waals surface area contributed by atoms with Crippen LogP contribution >= 0.6 is 11.3 Å². The van der Waals surface area contributed by atoms with Gasteiger partial charge in [0.2, 0.25) is 0 Å². The topological polar surface area (TPSA) is 12.9 Å². The van der Waals surface area contributed by atoms with Gasteiger partial charge in [0.1, 0.15) is 0 Å². The molecule has 0 bridgehead atoms.